The van der Waals surface area contributed by atoms with Crippen molar-refractivity contribution < 1.29 is 4.79 Å². The standard InChI is InChI=1S/C24H26N4OS2/c1-5-28-20-11-10-17(12-18(20)16(2)13-24(28,3)4)14-25-27-22(29)15-30-23-26-19-8-6-7-9-21(19)31-23/h6-14H,5,15H2,1-4H3,(H,27,29)/b25-14+. The van der Waals surface area contributed by atoms with Gasteiger partial charge in [-0.05, 0) is 63.1 Å². The molecular weight excluding hydrogens is 424 g/mol. The highest BCUT2D eigenvalue weighted by atomic mass is 32.2. The molecule has 0 unspecified atom stereocenters. The van der Waals surface area contributed by atoms with Gasteiger partial charge >= 0.3 is 0 Å². The summed E-state index contributed by atoms with van der Waals surface area (Å²) in [6.45, 7) is 9.74. The van der Waals surface area contributed by atoms with Crippen LogP contribution in [0.4, 0.5) is 5.69 Å². The largest absolute Gasteiger partial charge is 0.363 e. The summed E-state index contributed by atoms with van der Waals surface area (Å²) in [5, 5.41) is 4.15. The van der Waals surface area contributed by atoms with Crippen LogP contribution in [0.3, 0.4) is 0 Å². The molecule has 0 atom stereocenters. The number of thiazole rings is 1. The van der Waals surface area contributed by atoms with E-state index in [9.17, 15) is 4.79 Å². The lowest BCUT2D eigenvalue weighted by Crippen LogP contribution is -2.44. The van der Waals surface area contributed by atoms with Gasteiger partial charge in [0, 0.05) is 17.8 Å². The second kappa shape index (κ2) is 8.85. The van der Waals surface area contributed by atoms with Crippen LogP contribution in [0.1, 0.15) is 38.8 Å². The van der Waals surface area contributed by atoms with E-state index < -0.39 is 0 Å². The molecule has 1 N–H and O–H groups in total. The SMILES string of the molecule is CCN1c2ccc(/C=N/NC(=O)CSc3nc4ccccc4s3)cc2C(C)=CC1(C)C. The zero-order chi connectivity index (χ0) is 22.0. The van der Waals surface area contributed by atoms with Gasteiger partial charge in [-0.15, -0.1) is 11.3 Å². The Balaban J connectivity index is 1.38. The highest BCUT2D eigenvalue weighted by Gasteiger charge is 2.29. The van der Waals surface area contributed by atoms with Gasteiger partial charge in [-0.25, -0.2) is 10.4 Å². The van der Waals surface area contributed by atoms with E-state index >= 15 is 0 Å². The number of para-hydroxylation sites is 1. The molecule has 0 fully saturated rings. The number of amides is 1. The molecule has 0 radical (unpaired) electrons. The van der Waals surface area contributed by atoms with Crippen molar-refractivity contribution in [3.05, 3.63) is 59.7 Å². The molecule has 0 saturated carbocycles. The van der Waals surface area contributed by atoms with Gasteiger partial charge in [0.1, 0.15) is 0 Å². The molecule has 7 heteroatoms. The Morgan fingerprint density at radius 2 is 2.10 bits per heavy atom. The van der Waals surface area contributed by atoms with Crippen molar-refractivity contribution in [3.63, 3.8) is 0 Å². The van der Waals surface area contributed by atoms with Crippen molar-refractivity contribution in [2.75, 3.05) is 17.2 Å². The van der Waals surface area contributed by atoms with Crippen molar-refractivity contribution >= 4 is 56.7 Å². The second-order valence-electron chi connectivity index (χ2n) is 8.03. The Morgan fingerprint density at radius 3 is 2.87 bits per heavy atom. The van der Waals surface area contributed by atoms with Crippen molar-refractivity contribution in [1.82, 2.24) is 10.4 Å². The third-order valence-corrected chi connectivity index (χ3v) is 7.50. The highest BCUT2D eigenvalue weighted by Crippen LogP contribution is 2.38. The Bertz CT molecular complexity index is 1150. The summed E-state index contributed by atoms with van der Waals surface area (Å²) in [7, 11) is 0. The number of likely N-dealkylation sites (N-methyl/N-ethyl adjacent to an activating group) is 1. The smallest absolute Gasteiger partial charge is 0.250 e. The fourth-order valence-corrected chi connectivity index (χ4v) is 5.87. The maximum absolute atomic E-state index is 12.2. The summed E-state index contributed by atoms with van der Waals surface area (Å²) in [4.78, 5) is 19.1. The van der Waals surface area contributed by atoms with E-state index in [-0.39, 0.29) is 17.2 Å². The number of carbonyl (C=O) groups excluding carboxylic acids is 1. The normalized spacial score (nSPS) is 15.2. The first-order chi connectivity index (χ1) is 14.9. The summed E-state index contributed by atoms with van der Waals surface area (Å²) in [5.74, 6) is 0.137. The molecule has 1 amide bonds. The Kier molecular flexibility index (Phi) is 6.16. The Labute approximate surface area is 191 Å². The van der Waals surface area contributed by atoms with Gasteiger partial charge in [0.25, 0.3) is 5.91 Å². The molecule has 1 aromatic heterocycles. The van der Waals surface area contributed by atoms with Crippen molar-refractivity contribution in [2.45, 2.75) is 37.6 Å². The highest BCUT2D eigenvalue weighted by molar-refractivity contribution is 8.01. The number of hydrogen-bond acceptors (Lipinski definition) is 6. The number of benzene rings is 2. The van der Waals surface area contributed by atoms with Gasteiger partial charge < -0.3 is 4.90 Å². The molecule has 31 heavy (non-hydrogen) atoms. The first kappa shape index (κ1) is 21.6. The number of carbonyl (C=O) groups is 1. The summed E-state index contributed by atoms with van der Waals surface area (Å²) < 4.78 is 2.02. The molecule has 0 bridgehead atoms. The molecule has 1 aliphatic heterocycles. The minimum absolute atomic E-state index is 0.00362. The van der Waals surface area contributed by atoms with Crippen LogP contribution < -0.4 is 10.3 Å². The van der Waals surface area contributed by atoms with Crippen LogP contribution in [-0.2, 0) is 4.79 Å². The number of nitrogens with one attached hydrogen (secondary N) is 1. The van der Waals surface area contributed by atoms with E-state index in [2.05, 4.69) is 66.3 Å². The summed E-state index contributed by atoms with van der Waals surface area (Å²) in [6.07, 6.45) is 4.00. The number of aromatic nitrogens is 1. The molecule has 4 rings (SSSR count). The topological polar surface area (TPSA) is 57.6 Å². The van der Waals surface area contributed by atoms with Gasteiger partial charge in [0.05, 0.1) is 27.7 Å². The number of nitrogens with zero attached hydrogens (tertiary/aromatic N) is 3. The Hall–Kier alpha value is -2.64. The van der Waals surface area contributed by atoms with E-state index in [1.54, 1.807) is 17.6 Å². The number of rotatable bonds is 6. The average molecular weight is 451 g/mol. The van der Waals surface area contributed by atoms with E-state index in [4.69, 9.17) is 0 Å². The van der Waals surface area contributed by atoms with Crippen LogP contribution in [0.5, 0.6) is 0 Å². The van der Waals surface area contributed by atoms with Gasteiger partial charge in [0.15, 0.2) is 4.34 Å². The van der Waals surface area contributed by atoms with Gasteiger partial charge in [-0.1, -0.05) is 36.0 Å². The first-order valence-corrected chi connectivity index (χ1v) is 12.1. The molecule has 3 aromatic rings. The molecule has 0 aliphatic carbocycles. The van der Waals surface area contributed by atoms with Gasteiger partial charge in [-0.2, -0.15) is 5.10 Å². The third-order valence-electron chi connectivity index (χ3n) is 5.32. The molecular formula is C24H26N4OS2. The average Bonchev–Trinajstić information content (AvgIpc) is 3.15. The van der Waals surface area contributed by atoms with Crippen LogP contribution in [0, 0.1) is 0 Å². The Morgan fingerprint density at radius 1 is 1.29 bits per heavy atom. The molecule has 2 aromatic carbocycles. The number of hydrogen-bond donors (Lipinski definition) is 1. The lowest BCUT2D eigenvalue weighted by molar-refractivity contribution is -0.118. The molecule has 5 nitrogen and oxygen atoms in total. The fourth-order valence-electron chi connectivity index (χ4n) is 4.01. The maximum atomic E-state index is 12.2. The van der Waals surface area contributed by atoms with Crippen molar-refractivity contribution in [3.8, 4) is 0 Å². The lowest BCUT2D eigenvalue weighted by Gasteiger charge is -2.42. The monoisotopic (exact) mass is 450 g/mol. The predicted octanol–water partition coefficient (Wildman–Crippen LogP) is 5.56. The molecule has 1 aliphatic rings. The van der Waals surface area contributed by atoms with Crippen molar-refractivity contribution in [1.29, 1.82) is 0 Å². The van der Waals surface area contributed by atoms with Crippen LogP contribution in [0.25, 0.3) is 15.8 Å². The van der Waals surface area contributed by atoms with Crippen LogP contribution in [0.15, 0.2) is 58.0 Å². The number of fused-ring (bicyclic) bond motifs is 2. The first-order valence-electron chi connectivity index (χ1n) is 10.3. The van der Waals surface area contributed by atoms with Crippen molar-refractivity contribution in [2.24, 2.45) is 5.10 Å². The maximum Gasteiger partial charge on any atom is 0.250 e. The minimum Gasteiger partial charge on any atom is -0.363 e. The predicted molar refractivity (Wildman–Crippen MR) is 133 cm³/mol. The van der Waals surface area contributed by atoms with Crippen LogP contribution >= 0.6 is 23.1 Å². The quantitative estimate of drug-likeness (QED) is 0.303. The fraction of sp³-hybridized carbons (Fsp3) is 0.292. The molecule has 2 heterocycles. The van der Waals surface area contributed by atoms with Crippen LogP contribution in [0.2, 0.25) is 0 Å². The summed E-state index contributed by atoms with van der Waals surface area (Å²) in [5.41, 5.74) is 8.25. The second-order valence-corrected chi connectivity index (χ2v) is 10.3. The number of allylic oxidation sites excluding steroid dienone is 1. The zero-order valence-corrected chi connectivity index (χ0v) is 19.8. The lowest BCUT2D eigenvalue weighted by atomic mass is 9.88. The van der Waals surface area contributed by atoms with Gasteiger partial charge in [-0.3, -0.25) is 4.79 Å². The molecule has 0 saturated heterocycles. The van der Waals surface area contributed by atoms with E-state index in [1.165, 1.54) is 28.6 Å². The molecule has 0 spiro atoms. The number of anilines is 1. The van der Waals surface area contributed by atoms with E-state index in [0.717, 1.165) is 26.7 Å². The summed E-state index contributed by atoms with van der Waals surface area (Å²) in [6, 6.07) is 14.3. The zero-order valence-electron chi connectivity index (χ0n) is 18.2. The molecule has 160 valence electrons. The minimum atomic E-state index is -0.145. The van der Waals surface area contributed by atoms with E-state index in [0.29, 0.717) is 0 Å². The summed E-state index contributed by atoms with van der Waals surface area (Å²) >= 11 is 3.03. The third kappa shape index (κ3) is 4.67. The number of thioether (sulfide) groups is 1. The number of hydrazone groups is 1. The van der Waals surface area contributed by atoms with Gasteiger partial charge in [0.2, 0.25) is 0 Å². The van der Waals surface area contributed by atoms with E-state index in [1.807, 2.05) is 30.3 Å². The van der Waals surface area contributed by atoms with Crippen LogP contribution in [-0.4, -0.2) is 34.9 Å².